The third kappa shape index (κ3) is 11.3. The number of unbranched alkanes of at least 4 members (excludes halogenated alkanes) is 7. The summed E-state index contributed by atoms with van der Waals surface area (Å²) in [5.41, 5.74) is 0.912. The van der Waals surface area contributed by atoms with E-state index in [9.17, 15) is 15.0 Å². The number of ether oxygens (including phenoxy) is 1. The first kappa shape index (κ1) is 24.5. The van der Waals surface area contributed by atoms with Crippen LogP contribution in [-0.2, 0) is 11.2 Å². The van der Waals surface area contributed by atoms with Crippen molar-refractivity contribution in [2.24, 2.45) is 0 Å². The molecule has 0 fully saturated rings. The molecular formula is C24H40O4. The second-order valence-electron chi connectivity index (χ2n) is 7.81. The van der Waals surface area contributed by atoms with E-state index in [1.54, 1.807) is 12.1 Å². The molecule has 28 heavy (non-hydrogen) atoms. The molecule has 160 valence electrons. The van der Waals surface area contributed by atoms with Crippen LogP contribution in [0, 0.1) is 0 Å². The summed E-state index contributed by atoms with van der Waals surface area (Å²) in [6.07, 6.45) is 11.9. The molecule has 1 aromatic carbocycles. The highest BCUT2D eigenvalue weighted by Crippen LogP contribution is 2.27. The molecule has 2 N–H and O–H groups in total. The number of phenols is 1. The molecule has 0 saturated heterocycles. The summed E-state index contributed by atoms with van der Waals surface area (Å²) in [5.74, 6) is 0.701. The Hall–Kier alpha value is -1.55. The Bertz CT molecular complexity index is 541. The highest BCUT2D eigenvalue weighted by atomic mass is 16.5. The van der Waals surface area contributed by atoms with Gasteiger partial charge in [-0.1, -0.05) is 71.3 Å². The van der Waals surface area contributed by atoms with Crippen LogP contribution in [0.25, 0.3) is 0 Å². The van der Waals surface area contributed by atoms with Gasteiger partial charge in [0.05, 0.1) is 12.7 Å². The van der Waals surface area contributed by atoms with Crippen molar-refractivity contribution in [2.45, 2.75) is 103 Å². The van der Waals surface area contributed by atoms with Gasteiger partial charge in [-0.15, -0.1) is 0 Å². The molecule has 1 unspecified atom stereocenters. The molecule has 0 aliphatic rings. The highest BCUT2D eigenvalue weighted by Gasteiger charge is 2.12. The van der Waals surface area contributed by atoms with E-state index in [4.69, 9.17) is 4.74 Å². The van der Waals surface area contributed by atoms with Gasteiger partial charge in [0.1, 0.15) is 5.78 Å². The molecule has 0 aliphatic heterocycles. The van der Waals surface area contributed by atoms with Crippen molar-refractivity contribution in [2.75, 3.05) is 6.61 Å². The molecular weight excluding hydrogens is 352 g/mol. The molecule has 0 radical (unpaired) electrons. The average Bonchev–Trinajstić information content (AvgIpc) is 2.67. The van der Waals surface area contributed by atoms with Crippen molar-refractivity contribution in [1.29, 1.82) is 0 Å². The first-order valence-electron chi connectivity index (χ1n) is 11.2. The van der Waals surface area contributed by atoms with Crippen LogP contribution in [0.5, 0.6) is 11.5 Å². The molecule has 0 bridgehead atoms. The zero-order valence-electron chi connectivity index (χ0n) is 17.9. The quantitative estimate of drug-likeness (QED) is 0.321. The number of Topliss-reactive ketones (excluding diaryl/α,β-unsaturated/α-hetero) is 1. The first-order chi connectivity index (χ1) is 13.6. The van der Waals surface area contributed by atoms with E-state index in [1.807, 2.05) is 6.07 Å². The van der Waals surface area contributed by atoms with Gasteiger partial charge in [0, 0.05) is 12.8 Å². The van der Waals surface area contributed by atoms with E-state index >= 15 is 0 Å². The van der Waals surface area contributed by atoms with Crippen LogP contribution in [-0.4, -0.2) is 28.7 Å². The zero-order chi connectivity index (χ0) is 20.6. The number of ketones is 1. The maximum Gasteiger partial charge on any atom is 0.160 e. The Kier molecular flexibility index (Phi) is 13.5. The molecule has 0 heterocycles. The molecule has 0 amide bonds. The second kappa shape index (κ2) is 15.4. The summed E-state index contributed by atoms with van der Waals surface area (Å²) in [6.45, 7) is 4.90. The van der Waals surface area contributed by atoms with Crippen molar-refractivity contribution in [1.82, 2.24) is 0 Å². The van der Waals surface area contributed by atoms with Gasteiger partial charge >= 0.3 is 0 Å². The molecule has 0 spiro atoms. The Morgan fingerprint density at radius 1 is 1.00 bits per heavy atom. The summed E-state index contributed by atoms with van der Waals surface area (Å²) < 4.78 is 5.53. The Balaban J connectivity index is 2.20. The average molecular weight is 393 g/mol. The third-order valence-electron chi connectivity index (χ3n) is 5.08. The maximum absolute atomic E-state index is 12.1. The van der Waals surface area contributed by atoms with Gasteiger partial charge in [-0.25, -0.2) is 0 Å². The number of hydrogen-bond donors (Lipinski definition) is 2. The van der Waals surface area contributed by atoms with Crippen molar-refractivity contribution < 1.29 is 19.7 Å². The number of carbonyl (C=O) groups excluding carboxylic acids is 1. The smallest absolute Gasteiger partial charge is 0.160 e. The monoisotopic (exact) mass is 392 g/mol. The zero-order valence-corrected chi connectivity index (χ0v) is 17.9. The molecule has 1 atom stereocenters. The van der Waals surface area contributed by atoms with E-state index < -0.39 is 6.10 Å². The number of carbonyl (C=O) groups is 1. The van der Waals surface area contributed by atoms with Crippen molar-refractivity contribution in [3.8, 4) is 11.5 Å². The lowest BCUT2D eigenvalue weighted by Crippen LogP contribution is -2.14. The molecule has 4 nitrogen and oxygen atoms in total. The van der Waals surface area contributed by atoms with Crippen molar-refractivity contribution >= 4 is 5.78 Å². The number of aliphatic hydroxyl groups excluding tert-OH is 1. The van der Waals surface area contributed by atoms with Crippen LogP contribution in [0.1, 0.15) is 96.5 Å². The number of rotatable bonds is 17. The van der Waals surface area contributed by atoms with E-state index in [1.165, 1.54) is 32.1 Å². The lowest BCUT2D eigenvalue weighted by molar-refractivity contribution is -0.121. The molecule has 0 aromatic heterocycles. The number of aliphatic hydroxyl groups is 1. The van der Waals surface area contributed by atoms with Crippen LogP contribution >= 0.6 is 0 Å². The van der Waals surface area contributed by atoms with E-state index in [0.717, 1.165) is 31.2 Å². The summed E-state index contributed by atoms with van der Waals surface area (Å²) >= 11 is 0. The van der Waals surface area contributed by atoms with Gasteiger partial charge in [0.2, 0.25) is 0 Å². The van der Waals surface area contributed by atoms with Gasteiger partial charge in [-0.05, 0) is 37.0 Å². The van der Waals surface area contributed by atoms with Crippen molar-refractivity contribution in [3.63, 3.8) is 0 Å². The van der Waals surface area contributed by atoms with E-state index in [2.05, 4.69) is 13.8 Å². The Labute approximate surface area is 171 Å². The third-order valence-corrected chi connectivity index (χ3v) is 5.08. The fraction of sp³-hybridized carbons (Fsp3) is 0.708. The minimum atomic E-state index is -0.522. The van der Waals surface area contributed by atoms with Gasteiger partial charge < -0.3 is 14.9 Å². The topological polar surface area (TPSA) is 66.8 Å². The van der Waals surface area contributed by atoms with Crippen LogP contribution < -0.4 is 4.74 Å². The largest absolute Gasteiger partial charge is 0.504 e. The predicted molar refractivity (Wildman–Crippen MR) is 115 cm³/mol. The summed E-state index contributed by atoms with van der Waals surface area (Å²) in [4.78, 5) is 12.1. The Morgan fingerprint density at radius 2 is 1.68 bits per heavy atom. The van der Waals surface area contributed by atoms with Gasteiger partial charge in [0.25, 0.3) is 0 Å². The van der Waals surface area contributed by atoms with Crippen LogP contribution in [0.3, 0.4) is 0 Å². The maximum atomic E-state index is 12.1. The van der Waals surface area contributed by atoms with Crippen molar-refractivity contribution in [3.05, 3.63) is 23.8 Å². The molecule has 1 rings (SSSR count). The molecule has 0 aliphatic carbocycles. The fourth-order valence-corrected chi connectivity index (χ4v) is 3.25. The minimum absolute atomic E-state index is 0.0817. The summed E-state index contributed by atoms with van der Waals surface area (Å²) in [6, 6.07) is 5.33. The van der Waals surface area contributed by atoms with E-state index in [0.29, 0.717) is 31.6 Å². The number of benzene rings is 1. The van der Waals surface area contributed by atoms with Crippen LogP contribution in [0.2, 0.25) is 0 Å². The minimum Gasteiger partial charge on any atom is -0.504 e. The number of aromatic hydroxyl groups is 1. The molecule has 4 heteroatoms. The van der Waals surface area contributed by atoms with E-state index in [-0.39, 0.29) is 18.0 Å². The van der Waals surface area contributed by atoms with Gasteiger partial charge in [-0.3, -0.25) is 4.79 Å². The normalized spacial score (nSPS) is 12.1. The lowest BCUT2D eigenvalue weighted by atomic mass is 10.0. The summed E-state index contributed by atoms with van der Waals surface area (Å²) in [5, 5.41) is 20.1. The first-order valence-corrected chi connectivity index (χ1v) is 11.2. The number of aryl methyl sites for hydroxylation is 1. The number of hydrogen-bond acceptors (Lipinski definition) is 4. The van der Waals surface area contributed by atoms with Crippen LogP contribution in [0.4, 0.5) is 0 Å². The molecule has 1 aromatic rings. The fourth-order valence-electron chi connectivity index (χ4n) is 3.25. The summed E-state index contributed by atoms with van der Waals surface area (Å²) in [7, 11) is 0. The van der Waals surface area contributed by atoms with Gasteiger partial charge in [0.15, 0.2) is 11.5 Å². The Morgan fingerprint density at radius 3 is 2.36 bits per heavy atom. The van der Waals surface area contributed by atoms with Gasteiger partial charge in [-0.2, -0.15) is 0 Å². The lowest BCUT2D eigenvalue weighted by Gasteiger charge is -2.11. The SMILES string of the molecule is CCCCCCCCCC(O)CC(=O)CCc1ccc(OCCCC)c(O)c1. The van der Waals surface area contributed by atoms with Crippen LogP contribution in [0.15, 0.2) is 18.2 Å². The standard InChI is InChI=1S/C24H40O4/c1-3-5-7-8-9-10-11-12-21(25)19-22(26)15-13-20-14-16-24(23(27)18-20)28-17-6-4-2/h14,16,18,21,25,27H,3-13,15,17,19H2,1-2H3. The highest BCUT2D eigenvalue weighted by molar-refractivity contribution is 5.79. The number of phenolic OH excluding ortho intramolecular Hbond substituents is 1. The second-order valence-corrected chi connectivity index (χ2v) is 7.81. The predicted octanol–water partition coefficient (Wildman–Crippen LogP) is 5.96. The molecule has 0 saturated carbocycles.